The number of nitrogens with zero attached hydrogens (tertiary/aromatic N) is 1. The lowest BCUT2D eigenvalue weighted by Crippen LogP contribution is -2.31. The Balaban J connectivity index is 1.33. The van der Waals surface area contributed by atoms with Crippen molar-refractivity contribution < 1.29 is 14.4 Å². The van der Waals surface area contributed by atoms with Gasteiger partial charge in [0, 0.05) is 17.1 Å². The minimum Gasteiger partial charge on any atom is -0.326 e. The summed E-state index contributed by atoms with van der Waals surface area (Å²) in [6, 6.07) is 18.2. The molecule has 2 aromatic carbocycles. The number of imide groups is 1. The van der Waals surface area contributed by atoms with Crippen molar-refractivity contribution in [3.05, 3.63) is 87.6 Å². The molecule has 0 unspecified atom stereocenters. The zero-order valence-corrected chi connectivity index (χ0v) is 15.9. The molecular formula is C22H18N2O3S. The zero-order chi connectivity index (χ0) is 19.5. The smallest absolute Gasteiger partial charge is 0.261 e. The van der Waals surface area contributed by atoms with Gasteiger partial charge in [0.25, 0.3) is 11.8 Å². The van der Waals surface area contributed by atoms with Crippen LogP contribution in [0.15, 0.2) is 66.0 Å². The molecule has 0 radical (unpaired) electrons. The third-order valence-corrected chi connectivity index (χ3v) is 5.53. The quantitative estimate of drug-likeness (QED) is 0.652. The second-order valence-corrected chi connectivity index (χ2v) is 7.59. The molecule has 5 nitrogen and oxygen atoms in total. The molecule has 1 N–H and O–H groups in total. The highest BCUT2D eigenvalue weighted by Crippen LogP contribution is 2.23. The number of amides is 3. The predicted molar refractivity (Wildman–Crippen MR) is 109 cm³/mol. The molecule has 0 saturated heterocycles. The molecule has 0 atom stereocenters. The Morgan fingerprint density at radius 3 is 2.18 bits per heavy atom. The van der Waals surface area contributed by atoms with Crippen molar-refractivity contribution in [1.82, 2.24) is 4.90 Å². The van der Waals surface area contributed by atoms with Gasteiger partial charge in [0.1, 0.15) is 0 Å². The molecule has 3 aromatic rings. The number of rotatable bonds is 6. The van der Waals surface area contributed by atoms with Crippen molar-refractivity contribution >= 4 is 34.7 Å². The fourth-order valence-electron chi connectivity index (χ4n) is 3.21. The summed E-state index contributed by atoms with van der Waals surface area (Å²) in [7, 11) is 0. The highest BCUT2D eigenvalue weighted by atomic mass is 32.1. The van der Waals surface area contributed by atoms with Crippen LogP contribution in [0, 0.1) is 0 Å². The van der Waals surface area contributed by atoms with Gasteiger partial charge in [-0.2, -0.15) is 0 Å². The zero-order valence-electron chi connectivity index (χ0n) is 15.1. The molecule has 140 valence electrons. The van der Waals surface area contributed by atoms with E-state index in [1.807, 2.05) is 41.8 Å². The number of hydrogen-bond donors (Lipinski definition) is 1. The monoisotopic (exact) mass is 390 g/mol. The topological polar surface area (TPSA) is 66.5 Å². The lowest BCUT2D eigenvalue weighted by molar-refractivity contribution is -0.115. The number of nitrogens with one attached hydrogen (secondary N) is 1. The number of thiophene rings is 1. The number of hydrogen-bond acceptors (Lipinski definition) is 4. The second-order valence-electron chi connectivity index (χ2n) is 6.56. The van der Waals surface area contributed by atoms with Gasteiger partial charge in [0.2, 0.25) is 5.91 Å². The Kier molecular flexibility index (Phi) is 5.04. The summed E-state index contributed by atoms with van der Waals surface area (Å²) in [4.78, 5) is 39.2. The summed E-state index contributed by atoms with van der Waals surface area (Å²) >= 11 is 1.56. The SMILES string of the molecule is O=C(Cc1cccs1)Nc1ccc(CCN2C(=O)c3ccccc3C2=O)cc1. The molecular weight excluding hydrogens is 372 g/mol. The Bertz CT molecular complexity index is 991. The fraction of sp³-hybridized carbons (Fsp3) is 0.136. The molecule has 4 rings (SSSR count). The van der Waals surface area contributed by atoms with Crippen LogP contribution in [0.2, 0.25) is 0 Å². The second kappa shape index (κ2) is 7.78. The Hall–Kier alpha value is -3.25. The first-order chi connectivity index (χ1) is 13.6. The molecule has 28 heavy (non-hydrogen) atoms. The van der Waals surface area contributed by atoms with Crippen molar-refractivity contribution in [1.29, 1.82) is 0 Å². The van der Waals surface area contributed by atoms with E-state index in [9.17, 15) is 14.4 Å². The Morgan fingerprint density at radius 2 is 1.57 bits per heavy atom. The standard InChI is InChI=1S/C22H18N2O3S/c25-20(14-17-4-3-13-28-17)23-16-9-7-15(8-10-16)11-12-24-21(26)18-5-1-2-6-19(18)22(24)27/h1-10,13H,11-12,14H2,(H,23,25). The van der Waals surface area contributed by atoms with E-state index in [-0.39, 0.29) is 17.7 Å². The van der Waals surface area contributed by atoms with Crippen LogP contribution < -0.4 is 5.32 Å². The molecule has 6 heteroatoms. The molecule has 1 aromatic heterocycles. The molecule has 1 aliphatic rings. The first kappa shape index (κ1) is 18.1. The van der Waals surface area contributed by atoms with E-state index in [1.54, 1.807) is 35.6 Å². The van der Waals surface area contributed by atoms with Gasteiger partial charge in [-0.05, 0) is 47.7 Å². The summed E-state index contributed by atoms with van der Waals surface area (Å²) in [5.74, 6) is -0.530. The highest BCUT2D eigenvalue weighted by Gasteiger charge is 2.34. The molecule has 0 saturated carbocycles. The van der Waals surface area contributed by atoms with E-state index in [4.69, 9.17) is 0 Å². The summed E-state index contributed by atoms with van der Waals surface area (Å²) in [6.45, 7) is 0.330. The first-order valence-electron chi connectivity index (χ1n) is 8.98. The van der Waals surface area contributed by atoms with Crippen LogP contribution >= 0.6 is 11.3 Å². The highest BCUT2D eigenvalue weighted by molar-refractivity contribution is 7.10. The van der Waals surface area contributed by atoms with E-state index in [0.29, 0.717) is 30.5 Å². The molecule has 2 heterocycles. The molecule has 3 amide bonds. The van der Waals surface area contributed by atoms with Crippen molar-refractivity contribution in [2.24, 2.45) is 0 Å². The van der Waals surface area contributed by atoms with Crippen LogP contribution in [0.5, 0.6) is 0 Å². The molecule has 1 aliphatic heterocycles. The van der Waals surface area contributed by atoms with E-state index >= 15 is 0 Å². The van der Waals surface area contributed by atoms with Gasteiger partial charge >= 0.3 is 0 Å². The summed E-state index contributed by atoms with van der Waals surface area (Å²) in [6.07, 6.45) is 0.925. The first-order valence-corrected chi connectivity index (χ1v) is 9.86. The number of carbonyl (C=O) groups is 3. The average molecular weight is 390 g/mol. The van der Waals surface area contributed by atoms with E-state index < -0.39 is 0 Å². The normalized spacial score (nSPS) is 12.9. The number of benzene rings is 2. The summed E-state index contributed by atoms with van der Waals surface area (Å²) in [5.41, 5.74) is 2.66. The van der Waals surface area contributed by atoms with Gasteiger partial charge in [0.15, 0.2) is 0 Å². The molecule has 0 spiro atoms. The fourth-order valence-corrected chi connectivity index (χ4v) is 3.92. The van der Waals surface area contributed by atoms with Gasteiger partial charge < -0.3 is 5.32 Å². The largest absolute Gasteiger partial charge is 0.326 e. The molecule has 0 fully saturated rings. The molecule has 0 aliphatic carbocycles. The Labute approximate surface area is 166 Å². The predicted octanol–water partition coefficient (Wildman–Crippen LogP) is 3.77. The van der Waals surface area contributed by atoms with Gasteiger partial charge in [-0.15, -0.1) is 11.3 Å². The van der Waals surface area contributed by atoms with Gasteiger partial charge in [-0.25, -0.2) is 0 Å². The van der Waals surface area contributed by atoms with Crippen LogP contribution in [0.4, 0.5) is 5.69 Å². The molecule has 0 bridgehead atoms. The maximum atomic E-state index is 12.4. The number of fused-ring (bicyclic) bond motifs is 1. The lowest BCUT2D eigenvalue weighted by atomic mass is 10.1. The van der Waals surface area contributed by atoms with Crippen LogP contribution in [0.25, 0.3) is 0 Å². The maximum Gasteiger partial charge on any atom is 0.261 e. The van der Waals surface area contributed by atoms with Crippen molar-refractivity contribution in [3.63, 3.8) is 0 Å². The van der Waals surface area contributed by atoms with Gasteiger partial charge in [-0.1, -0.05) is 30.3 Å². The summed E-state index contributed by atoms with van der Waals surface area (Å²) < 4.78 is 0. The minimum atomic E-state index is -0.238. The van der Waals surface area contributed by atoms with Crippen molar-refractivity contribution in [2.75, 3.05) is 11.9 Å². The van der Waals surface area contributed by atoms with E-state index in [1.165, 1.54) is 4.90 Å². The van der Waals surface area contributed by atoms with Crippen LogP contribution in [0.1, 0.15) is 31.2 Å². The average Bonchev–Trinajstić information content (AvgIpc) is 3.29. The van der Waals surface area contributed by atoms with Crippen LogP contribution in [0.3, 0.4) is 0 Å². The minimum absolute atomic E-state index is 0.0544. The third-order valence-electron chi connectivity index (χ3n) is 4.65. The van der Waals surface area contributed by atoms with Crippen LogP contribution in [-0.4, -0.2) is 29.2 Å². The van der Waals surface area contributed by atoms with Crippen LogP contribution in [-0.2, 0) is 17.6 Å². The number of anilines is 1. The third kappa shape index (κ3) is 3.73. The van der Waals surface area contributed by atoms with Crippen molar-refractivity contribution in [3.8, 4) is 0 Å². The lowest BCUT2D eigenvalue weighted by Gasteiger charge is -2.14. The Morgan fingerprint density at radius 1 is 0.893 bits per heavy atom. The van der Waals surface area contributed by atoms with E-state index in [2.05, 4.69) is 5.32 Å². The number of carbonyl (C=O) groups excluding carboxylic acids is 3. The van der Waals surface area contributed by atoms with Crippen molar-refractivity contribution in [2.45, 2.75) is 12.8 Å². The summed E-state index contributed by atoms with van der Waals surface area (Å²) in [5, 5.41) is 4.83. The van der Waals surface area contributed by atoms with Gasteiger partial charge in [0.05, 0.1) is 17.5 Å². The van der Waals surface area contributed by atoms with E-state index in [0.717, 1.165) is 16.1 Å². The van der Waals surface area contributed by atoms with Gasteiger partial charge in [-0.3, -0.25) is 19.3 Å². The maximum absolute atomic E-state index is 12.4.